The summed E-state index contributed by atoms with van der Waals surface area (Å²) in [4.78, 5) is 26.2. The zero-order valence-corrected chi connectivity index (χ0v) is 27.1. The number of nitrogens with two attached hydrogens (primary N) is 1. The number of rotatable bonds is 22. The lowest BCUT2D eigenvalue weighted by Gasteiger charge is -2.18. The quantitative estimate of drug-likeness (QED) is 0.109. The number of primary amides is 1. The van der Waals surface area contributed by atoms with E-state index in [1.807, 2.05) is 0 Å². The first-order valence-corrected chi connectivity index (χ1v) is 16.9. The maximum Gasteiger partial charge on any atom is 0.321 e. The van der Waals surface area contributed by atoms with Gasteiger partial charge in [-0.15, -0.1) is 0 Å². The van der Waals surface area contributed by atoms with E-state index in [4.69, 9.17) is 15.2 Å². The van der Waals surface area contributed by atoms with Crippen LogP contribution in [0.3, 0.4) is 0 Å². The minimum Gasteiger partial charge on any atom is -0.508 e. The Morgan fingerprint density at radius 2 is 0.889 bits per heavy atom. The fourth-order valence-electron chi connectivity index (χ4n) is 5.31. The van der Waals surface area contributed by atoms with Crippen molar-refractivity contribution in [2.75, 3.05) is 6.54 Å². The Morgan fingerprint density at radius 1 is 0.556 bits per heavy atom. The minimum atomic E-state index is -0.726. The maximum absolute atomic E-state index is 13.0. The summed E-state index contributed by atoms with van der Waals surface area (Å²) in [5, 5.41) is 9.40. The number of ether oxygens (including phenoxy) is 2. The van der Waals surface area contributed by atoms with Gasteiger partial charge < -0.3 is 20.3 Å². The summed E-state index contributed by atoms with van der Waals surface area (Å²) in [7, 11) is 0. The van der Waals surface area contributed by atoms with Gasteiger partial charge in [0.25, 0.3) is 5.91 Å². The molecule has 3 aromatic carbocycles. The van der Waals surface area contributed by atoms with Crippen molar-refractivity contribution in [2.45, 2.75) is 110 Å². The number of benzene rings is 3. The predicted molar refractivity (Wildman–Crippen MR) is 181 cm³/mol. The third kappa shape index (κ3) is 14.1. The highest BCUT2D eigenvalue weighted by Gasteiger charge is 2.20. The number of hydrogen-bond acceptors (Lipinski definition) is 5. The monoisotopic (exact) mass is 616 g/mol. The zero-order valence-electron chi connectivity index (χ0n) is 27.1. The van der Waals surface area contributed by atoms with Crippen molar-refractivity contribution in [1.29, 1.82) is 0 Å². The molecule has 244 valence electrons. The van der Waals surface area contributed by atoms with Crippen molar-refractivity contribution in [3.8, 4) is 28.7 Å². The number of imide groups is 1. The molecule has 0 aromatic heterocycles. The number of aromatic hydroxyl groups is 1. The van der Waals surface area contributed by atoms with Crippen LogP contribution < -0.4 is 15.2 Å². The van der Waals surface area contributed by atoms with Gasteiger partial charge in [0, 0.05) is 12.1 Å². The maximum atomic E-state index is 13.0. The Morgan fingerprint density at radius 3 is 1.27 bits per heavy atom. The molecular weight excluding hydrogens is 564 g/mol. The normalized spacial score (nSPS) is 10.9. The first kappa shape index (κ1) is 35.5. The number of unbranched alkanes of at least 4 members (excludes halogenated alkanes) is 15. The molecule has 0 saturated heterocycles. The van der Waals surface area contributed by atoms with Crippen LogP contribution in [0.2, 0.25) is 0 Å². The van der Waals surface area contributed by atoms with Crippen LogP contribution in [0.1, 0.15) is 120 Å². The van der Waals surface area contributed by atoms with Crippen molar-refractivity contribution in [3.05, 3.63) is 78.4 Å². The van der Waals surface area contributed by atoms with E-state index in [2.05, 4.69) is 6.92 Å². The molecule has 0 aliphatic carbocycles. The number of hydrogen-bond donors (Lipinski definition) is 2. The second kappa shape index (κ2) is 20.9. The van der Waals surface area contributed by atoms with Crippen molar-refractivity contribution in [3.63, 3.8) is 0 Å². The molecule has 0 radical (unpaired) electrons. The number of nitrogens with zero attached hydrogens (tertiary/aromatic N) is 1. The summed E-state index contributed by atoms with van der Waals surface area (Å²) >= 11 is 0. The van der Waals surface area contributed by atoms with E-state index >= 15 is 0 Å². The second-order valence-electron chi connectivity index (χ2n) is 11.8. The molecule has 0 unspecified atom stereocenters. The third-order valence-corrected chi connectivity index (χ3v) is 7.98. The van der Waals surface area contributed by atoms with Gasteiger partial charge in [0.15, 0.2) is 0 Å². The Labute approximate surface area is 269 Å². The average Bonchev–Trinajstić information content (AvgIpc) is 3.04. The van der Waals surface area contributed by atoms with Crippen molar-refractivity contribution in [2.24, 2.45) is 5.73 Å². The number of phenolic OH excluding ortho intramolecular Hbond substituents is 1. The van der Waals surface area contributed by atoms with E-state index in [-0.39, 0.29) is 5.75 Å². The molecule has 45 heavy (non-hydrogen) atoms. The number of phenols is 1. The van der Waals surface area contributed by atoms with E-state index in [9.17, 15) is 14.7 Å². The molecule has 0 aliphatic rings. The molecule has 0 fully saturated rings. The van der Waals surface area contributed by atoms with Gasteiger partial charge in [-0.1, -0.05) is 103 Å². The second-order valence-corrected chi connectivity index (χ2v) is 11.8. The van der Waals surface area contributed by atoms with Crippen LogP contribution in [-0.2, 0) is 0 Å². The van der Waals surface area contributed by atoms with Gasteiger partial charge in [-0.3, -0.25) is 9.69 Å². The molecule has 0 saturated carbocycles. The summed E-state index contributed by atoms with van der Waals surface area (Å²) in [5.74, 6) is 2.19. The highest BCUT2D eigenvalue weighted by atomic mass is 16.5. The molecule has 7 heteroatoms. The molecule has 3 rings (SSSR count). The summed E-state index contributed by atoms with van der Waals surface area (Å²) in [6.45, 7) is 2.59. The summed E-state index contributed by atoms with van der Waals surface area (Å²) in [6.07, 6.45) is 20.3. The van der Waals surface area contributed by atoms with Gasteiger partial charge in [0.1, 0.15) is 28.7 Å². The first-order valence-electron chi connectivity index (χ1n) is 16.9. The van der Waals surface area contributed by atoms with Gasteiger partial charge in [-0.25, -0.2) is 4.79 Å². The lowest BCUT2D eigenvalue weighted by atomic mass is 10.0. The van der Waals surface area contributed by atoms with E-state index in [0.717, 1.165) is 24.2 Å². The fourth-order valence-corrected chi connectivity index (χ4v) is 5.31. The Bertz CT molecular complexity index is 1240. The van der Waals surface area contributed by atoms with Crippen LogP contribution in [0, 0.1) is 0 Å². The van der Waals surface area contributed by atoms with E-state index in [0.29, 0.717) is 35.1 Å². The number of amides is 3. The lowest BCUT2D eigenvalue weighted by Crippen LogP contribution is -2.41. The van der Waals surface area contributed by atoms with Crippen LogP contribution in [-0.4, -0.2) is 28.5 Å². The molecule has 0 aliphatic heterocycles. The van der Waals surface area contributed by atoms with E-state index in [1.54, 1.807) is 72.8 Å². The number of carbonyl (C=O) groups excluding carboxylic acids is 2. The van der Waals surface area contributed by atoms with Gasteiger partial charge in [-0.05, 0) is 79.2 Å². The Balaban J connectivity index is 1.29. The molecule has 7 nitrogen and oxygen atoms in total. The molecule has 0 atom stereocenters. The van der Waals surface area contributed by atoms with Crippen LogP contribution in [0.5, 0.6) is 28.7 Å². The molecule has 3 aromatic rings. The SMILES string of the molecule is CCCCCCCCCCCCCCCCCCN(C(N)=O)C(=O)c1ccc(Oc2ccc(Oc3ccc(O)cc3)cc2)cc1. The Hall–Kier alpha value is -4.00. The molecule has 3 amide bonds. The molecule has 0 bridgehead atoms. The summed E-state index contributed by atoms with van der Waals surface area (Å²) in [6, 6.07) is 19.6. The van der Waals surface area contributed by atoms with Crippen molar-refractivity contribution in [1.82, 2.24) is 4.90 Å². The molecular formula is C38H52N2O5. The Kier molecular flexibility index (Phi) is 16.4. The fraction of sp³-hybridized carbons (Fsp3) is 0.474. The van der Waals surface area contributed by atoms with Gasteiger partial charge in [0.05, 0.1) is 0 Å². The van der Waals surface area contributed by atoms with Crippen LogP contribution in [0.4, 0.5) is 4.79 Å². The summed E-state index contributed by atoms with van der Waals surface area (Å²) < 4.78 is 11.7. The van der Waals surface area contributed by atoms with Gasteiger partial charge in [-0.2, -0.15) is 0 Å². The average molecular weight is 617 g/mol. The summed E-state index contributed by atoms with van der Waals surface area (Å²) in [5.41, 5.74) is 5.95. The smallest absolute Gasteiger partial charge is 0.321 e. The molecule has 0 spiro atoms. The third-order valence-electron chi connectivity index (χ3n) is 7.98. The standard InChI is InChI=1S/C38H52N2O5/c1-2-3-4-5-6-7-8-9-10-11-12-13-14-15-16-17-30-40(38(39)43)37(42)31-18-22-33(23-19-31)44-35-26-28-36(29-27-35)45-34-24-20-32(41)21-25-34/h18-29,41H,2-17,30H2,1H3,(H2,39,43). The lowest BCUT2D eigenvalue weighted by molar-refractivity contribution is 0.0805. The van der Waals surface area contributed by atoms with Crippen molar-refractivity contribution >= 4 is 11.9 Å². The van der Waals surface area contributed by atoms with Crippen molar-refractivity contribution < 1.29 is 24.2 Å². The van der Waals surface area contributed by atoms with E-state index < -0.39 is 11.9 Å². The van der Waals surface area contributed by atoms with Crippen LogP contribution >= 0.6 is 0 Å². The highest BCUT2D eigenvalue weighted by molar-refractivity contribution is 6.03. The molecule has 0 heterocycles. The predicted octanol–water partition coefficient (Wildman–Crippen LogP) is 10.8. The minimum absolute atomic E-state index is 0.177. The van der Waals surface area contributed by atoms with Gasteiger partial charge >= 0.3 is 6.03 Å². The van der Waals surface area contributed by atoms with Gasteiger partial charge in [0.2, 0.25) is 0 Å². The first-order chi connectivity index (χ1) is 22.0. The molecule has 3 N–H and O–H groups in total. The largest absolute Gasteiger partial charge is 0.508 e. The number of carbonyl (C=O) groups is 2. The van der Waals surface area contributed by atoms with Crippen LogP contribution in [0.25, 0.3) is 0 Å². The van der Waals surface area contributed by atoms with Crippen LogP contribution in [0.15, 0.2) is 72.8 Å². The topological polar surface area (TPSA) is 102 Å². The number of urea groups is 1. The van der Waals surface area contributed by atoms with E-state index in [1.165, 1.54) is 83.5 Å². The highest BCUT2D eigenvalue weighted by Crippen LogP contribution is 2.28. The zero-order chi connectivity index (χ0) is 32.1.